The molecule has 6 heteroatoms. The largest absolute Gasteiger partial charge is 0.495 e. The normalized spacial score (nSPS) is 20.2. The van der Waals surface area contributed by atoms with Gasteiger partial charge in [-0.2, -0.15) is 0 Å². The summed E-state index contributed by atoms with van der Waals surface area (Å²) < 4.78 is 11.9. The van der Waals surface area contributed by atoms with E-state index in [-0.39, 0.29) is 10.6 Å². The first-order valence-electron chi connectivity index (χ1n) is 6.66. The Morgan fingerprint density at radius 2 is 1.55 bits per heavy atom. The molecule has 1 heterocycles. The van der Waals surface area contributed by atoms with Gasteiger partial charge in [-0.25, -0.2) is 0 Å². The summed E-state index contributed by atoms with van der Waals surface area (Å²) in [4.78, 5) is 10.7. The third-order valence-electron chi connectivity index (χ3n) is 4.29. The molecular weight excluding hydrogens is 257 g/mol. The first-order chi connectivity index (χ1) is 9.05. The number of hydrogen-bond acceptors (Lipinski definition) is 4. The first-order valence-corrected chi connectivity index (χ1v) is 6.66. The van der Waals surface area contributed by atoms with Gasteiger partial charge in [-0.1, -0.05) is 5.56 Å². The average molecular weight is 277 g/mol. The third-order valence-corrected chi connectivity index (χ3v) is 4.29. The number of aryl methyl sites for hydroxylation is 2. The van der Waals surface area contributed by atoms with Gasteiger partial charge in [0, 0.05) is 11.6 Å². The van der Waals surface area contributed by atoms with E-state index in [1.54, 1.807) is 19.1 Å². The van der Waals surface area contributed by atoms with Crippen molar-refractivity contribution < 1.29 is 14.2 Å². The summed E-state index contributed by atoms with van der Waals surface area (Å²) in [5.74, 6) is 0. The molecule has 0 atom stereocenters. The van der Waals surface area contributed by atoms with Crippen LogP contribution in [0.5, 0.6) is 0 Å². The van der Waals surface area contributed by atoms with E-state index in [1.807, 2.05) is 34.6 Å². The van der Waals surface area contributed by atoms with E-state index >= 15 is 0 Å². The average Bonchev–Trinajstić information content (AvgIpc) is 2.47. The second-order valence-corrected chi connectivity index (χ2v) is 6.34. The highest BCUT2D eigenvalue weighted by atomic mass is 16.7. The van der Waals surface area contributed by atoms with Gasteiger partial charge in [0.05, 0.1) is 16.1 Å². The van der Waals surface area contributed by atoms with Crippen LogP contribution in [0.3, 0.4) is 0 Å². The number of nitro benzene ring substituents is 1. The summed E-state index contributed by atoms with van der Waals surface area (Å²) in [6, 6.07) is 3.37. The summed E-state index contributed by atoms with van der Waals surface area (Å²) >= 11 is 0. The summed E-state index contributed by atoms with van der Waals surface area (Å²) in [6.45, 7) is 11.5. The Labute approximate surface area is 119 Å². The smallest absolute Gasteiger partial charge is 0.399 e. The van der Waals surface area contributed by atoms with Crippen molar-refractivity contribution in [2.24, 2.45) is 0 Å². The van der Waals surface area contributed by atoms with E-state index in [4.69, 9.17) is 9.31 Å². The third kappa shape index (κ3) is 2.34. The predicted molar refractivity (Wildman–Crippen MR) is 78.3 cm³/mol. The molecule has 0 bridgehead atoms. The molecule has 0 spiro atoms. The maximum Gasteiger partial charge on any atom is 0.495 e. The summed E-state index contributed by atoms with van der Waals surface area (Å²) in [7, 11) is -0.570. The minimum Gasteiger partial charge on any atom is -0.399 e. The Balaban J connectivity index is 2.45. The molecule has 1 fully saturated rings. The van der Waals surface area contributed by atoms with E-state index in [9.17, 15) is 10.1 Å². The molecule has 1 saturated heterocycles. The fourth-order valence-electron chi connectivity index (χ4n) is 2.28. The van der Waals surface area contributed by atoms with Crippen LogP contribution in [-0.4, -0.2) is 23.2 Å². The van der Waals surface area contributed by atoms with Crippen LogP contribution in [0.15, 0.2) is 12.1 Å². The van der Waals surface area contributed by atoms with Crippen molar-refractivity contribution in [1.29, 1.82) is 0 Å². The van der Waals surface area contributed by atoms with Crippen molar-refractivity contribution in [3.63, 3.8) is 0 Å². The molecule has 0 N–H and O–H groups in total. The zero-order valence-corrected chi connectivity index (χ0v) is 12.8. The number of nitrogens with zero attached hydrogens (tertiary/aromatic N) is 1. The lowest BCUT2D eigenvalue weighted by atomic mass is 9.75. The van der Waals surface area contributed by atoms with Gasteiger partial charge in [0.15, 0.2) is 0 Å². The number of nitro groups is 1. The van der Waals surface area contributed by atoms with Gasteiger partial charge in [-0.05, 0) is 53.1 Å². The van der Waals surface area contributed by atoms with Crippen LogP contribution in [-0.2, 0) is 9.31 Å². The molecule has 0 radical (unpaired) electrons. The summed E-state index contributed by atoms with van der Waals surface area (Å²) in [5, 5.41) is 11.1. The maximum atomic E-state index is 11.1. The lowest BCUT2D eigenvalue weighted by Gasteiger charge is -2.32. The Bertz CT molecular complexity index is 553. The van der Waals surface area contributed by atoms with Crippen LogP contribution >= 0.6 is 0 Å². The Morgan fingerprint density at radius 3 is 2.00 bits per heavy atom. The van der Waals surface area contributed by atoms with E-state index < -0.39 is 18.3 Å². The molecule has 0 aromatic heterocycles. The molecule has 0 saturated carbocycles. The summed E-state index contributed by atoms with van der Waals surface area (Å²) in [6.07, 6.45) is 0. The van der Waals surface area contributed by atoms with Crippen LogP contribution in [0.2, 0.25) is 0 Å². The van der Waals surface area contributed by atoms with E-state index in [1.165, 1.54) is 0 Å². The molecular formula is C14H20BNO4. The lowest BCUT2D eigenvalue weighted by molar-refractivity contribution is -0.385. The molecule has 0 aliphatic carbocycles. The molecule has 0 unspecified atom stereocenters. The molecule has 108 valence electrons. The van der Waals surface area contributed by atoms with Gasteiger partial charge >= 0.3 is 7.12 Å². The van der Waals surface area contributed by atoms with Crippen molar-refractivity contribution in [2.75, 3.05) is 0 Å². The van der Waals surface area contributed by atoms with E-state index in [0.29, 0.717) is 5.56 Å². The molecule has 5 nitrogen and oxygen atoms in total. The fourth-order valence-corrected chi connectivity index (χ4v) is 2.28. The van der Waals surface area contributed by atoms with Gasteiger partial charge in [0.1, 0.15) is 0 Å². The van der Waals surface area contributed by atoms with Crippen molar-refractivity contribution in [2.45, 2.75) is 52.7 Å². The van der Waals surface area contributed by atoms with E-state index in [2.05, 4.69) is 0 Å². The zero-order valence-electron chi connectivity index (χ0n) is 12.8. The minimum absolute atomic E-state index is 0.0975. The second-order valence-electron chi connectivity index (χ2n) is 6.34. The fraction of sp³-hybridized carbons (Fsp3) is 0.571. The second kappa shape index (κ2) is 4.57. The quantitative estimate of drug-likeness (QED) is 0.473. The minimum atomic E-state index is -0.570. The standard InChI is InChI=1S/C14H20BNO4/c1-9-7-10(2)12(16(17)18)8-11(9)15-19-13(3,4)14(5,6)20-15/h7-8H,1-6H3. The van der Waals surface area contributed by atoms with Crippen LogP contribution in [0.1, 0.15) is 38.8 Å². The van der Waals surface area contributed by atoms with Crippen molar-refractivity contribution >= 4 is 18.3 Å². The number of benzene rings is 1. The van der Waals surface area contributed by atoms with E-state index in [0.717, 1.165) is 11.0 Å². The molecule has 2 rings (SSSR count). The number of rotatable bonds is 2. The van der Waals surface area contributed by atoms with Crippen LogP contribution in [0, 0.1) is 24.0 Å². The molecule has 1 aromatic rings. The Kier molecular flexibility index (Phi) is 3.43. The Morgan fingerprint density at radius 1 is 1.05 bits per heavy atom. The molecule has 1 aliphatic rings. The van der Waals surface area contributed by atoms with Gasteiger partial charge in [0.25, 0.3) is 5.69 Å². The first kappa shape index (κ1) is 15.0. The van der Waals surface area contributed by atoms with Crippen LogP contribution < -0.4 is 5.46 Å². The van der Waals surface area contributed by atoms with Gasteiger partial charge in [0.2, 0.25) is 0 Å². The Hall–Kier alpha value is -1.40. The van der Waals surface area contributed by atoms with Crippen molar-refractivity contribution in [1.82, 2.24) is 0 Å². The highest BCUT2D eigenvalue weighted by molar-refractivity contribution is 6.62. The molecule has 0 amide bonds. The zero-order chi connectivity index (χ0) is 15.3. The van der Waals surface area contributed by atoms with Crippen LogP contribution in [0.4, 0.5) is 5.69 Å². The summed E-state index contributed by atoms with van der Waals surface area (Å²) in [5.41, 5.74) is 1.49. The highest BCUT2D eigenvalue weighted by Crippen LogP contribution is 2.37. The van der Waals surface area contributed by atoms with Gasteiger partial charge in [-0.15, -0.1) is 0 Å². The van der Waals surface area contributed by atoms with Crippen molar-refractivity contribution in [3.8, 4) is 0 Å². The van der Waals surface area contributed by atoms with Crippen molar-refractivity contribution in [3.05, 3.63) is 33.4 Å². The topological polar surface area (TPSA) is 61.6 Å². The lowest BCUT2D eigenvalue weighted by Crippen LogP contribution is -2.41. The predicted octanol–water partition coefficient (Wildman–Crippen LogP) is 2.51. The van der Waals surface area contributed by atoms with Crippen LogP contribution in [0.25, 0.3) is 0 Å². The van der Waals surface area contributed by atoms with Gasteiger partial charge in [-0.3, -0.25) is 10.1 Å². The van der Waals surface area contributed by atoms with Gasteiger partial charge < -0.3 is 9.31 Å². The molecule has 20 heavy (non-hydrogen) atoms. The SMILES string of the molecule is Cc1cc(C)c([N+](=O)[O-])cc1B1OC(C)(C)C(C)(C)O1. The highest BCUT2D eigenvalue weighted by Gasteiger charge is 2.52. The molecule has 1 aromatic carbocycles. The monoisotopic (exact) mass is 277 g/mol. The number of hydrogen-bond donors (Lipinski definition) is 0. The molecule has 1 aliphatic heterocycles. The maximum absolute atomic E-state index is 11.1.